The first kappa shape index (κ1) is 21.3. The lowest BCUT2D eigenvalue weighted by molar-refractivity contribution is -0.139. The molecule has 1 amide bonds. The van der Waals surface area contributed by atoms with Gasteiger partial charge in [0.1, 0.15) is 5.75 Å². The molecule has 0 aliphatic carbocycles. The van der Waals surface area contributed by atoms with Crippen molar-refractivity contribution in [2.45, 2.75) is 32.0 Å². The molecule has 0 spiro atoms. The van der Waals surface area contributed by atoms with Crippen LogP contribution in [0.1, 0.15) is 36.0 Å². The van der Waals surface area contributed by atoms with Crippen molar-refractivity contribution in [1.29, 1.82) is 0 Å². The van der Waals surface area contributed by atoms with Crippen LogP contribution < -0.4 is 10.1 Å². The van der Waals surface area contributed by atoms with Crippen LogP contribution in [0.25, 0.3) is 0 Å². The van der Waals surface area contributed by atoms with E-state index in [1.807, 2.05) is 0 Å². The monoisotopic (exact) mass is 395 g/mol. The van der Waals surface area contributed by atoms with Crippen LogP contribution in [0.15, 0.2) is 48.5 Å². The summed E-state index contributed by atoms with van der Waals surface area (Å²) in [5.41, 5.74) is 0.656. The summed E-state index contributed by atoms with van der Waals surface area (Å²) in [7, 11) is 0. The highest BCUT2D eigenvalue weighted by Crippen LogP contribution is 2.30. The lowest BCUT2D eigenvalue weighted by Crippen LogP contribution is -2.24. The molecule has 2 aromatic rings. The molecule has 2 aromatic carbocycles. The fraction of sp³-hybridized carbons (Fsp3) is 0.300. The molecule has 150 valence electrons. The number of aliphatic carboxylic acids is 1. The van der Waals surface area contributed by atoms with Gasteiger partial charge in [-0.1, -0.05) is 31.2 Å². The number of carbonyl (C=O) groups excluding carboxylic acids is 1. The second kappa shape index (κ2) is 9.25. The molecule has 0 saturated heterocycles. The summed E-state index contributed by atoms with van der Waals surface area (Å²) < 4.78 is 42.9. The van der Waals surface area contributed by atoms with E-state index < -0.39 is 24.3 Å². The standard InChI is InChI=1S/C20H20F3NO4/c1-13(15-5-7-16(8-6-15)20(21,22)23)9-18(25)24-11-14-3-2-4-17(10-14)28-12-19(26)27/h2-8,10,13H,9,11-12H2,1H3,(H,24,25)(H,26,27). The van der Waals surface area contributed by atoms with Crippen molar-refractivity contribution < 1.29 is 32.6 Å². The molecule has 2 rings (SSSR count). The molecule has 0 aliphatic heterocycles. The fourth-order valence-corrected chi connectivity index (χ4v) is 2.56. The maximum atomic E-state index is 12.6. The average Bonchev–Trinajstić information content (AvgIpc) is 2.64. The summed E-state index contributed by atoms with van der Waals surface area (Å²) in [6, 6.07) is 11.5. The van der Waals surface area contributed by atoms with E-state index in [2.05, 4.69) is 5.32 Å². The van der Waals surface area contributed by atoms with Crippen molar-refractivity contribution >= 4 is 11.9 Å². The summed E-state index contributed by atoms with van der Waals surface area (Å²) >= 11 is 0. The van der Waals surface area contributed by atoms with E-state index >= 15 is 0 Å². The van der Waals surface area contributed by atoms with Gasteiger partial charge in [-0.05, 0) is 41.3 Å². The third-order valence-corrected chi connectivity index (χ3v) is 4.05. The zero-order valence-corrected chi connectivity index (χ0v) is 15.1. The van der Waals surface area contributed by atoms with Crippen molar-refractivity contribution in [3.8, 4) is 5.75 Å². The molecule has 0 saturated carbocycles. The number of benzene rings is 2. The number of hydrogen-bond donors (Lipinski definition) is 2. The summed E-state index contributed by atoms with van der Waals surface area (Å²) in [6.07, 6.45) is -4.26. The first-order valence-electron chi connectivity index (χ1n) is 8.52. The Morgan fingerprint density at radius 3 is 2.43 bits per heavy atom. The quantitative estimate of drug-likeness (QED) is 0.709. The highest BCUT2D eigenvalue weighted by atomic mass is 19.4. The van der Waals surface area contributed by atoms with Gasteiger partial charge in [0.25, 0.3) is 0 Å². The van der Waals surface area contributed by atoms with Crippen molar-refractivity contribution in [2.75, 3.05) is 6.61 Å². The number of halogens is 3. The van der Waals surface area contributed by atoms with Crippen LogP contribution in [0.3, 0.4) is 0 Å². The first-order chi connectivity index (χ1) is 13.1. The Morgan fingerprint density at radius 2 is 1.82 bits per heavy atom. The second-order valence-electron chi connectivity index (χ2n) is 6.33. The molecule has 5 nitrogen and oxygen atoms in total. The molecular formula is C20H20F3NO4. The number of carboxylic acids is 1. The van der Waals surface area contributed by atoms with Crippen molar-refractivity contribution in [1.82, 2.24) is 5.32 Å². The van der Waals surface area contributed by atoms with Gasteiger partial charge in [0.2, 0.25) is 5.91 Å². The minimum Gasteiger partial charge on any atom is -0.482 e. The number of alkyl halides is 3. The van der Waals surface area contributed by atoms with Crippen molar-refractivity contribution in [2.24, 2.45) is 0 Å². The van der Waals surface area contributed by atoms with Crippen LogP contribution >= 0.6 is 0 Å². The van der Waals surface area contributed by atoms with Gasteiger partial charge in [0.05, 0.1) is 5.56 Å². The minimum atomic E-state index is -4.39. The number of hydrogen-bond acceptors (Lipinski definition) is 3. The van der Waals surface area contributed by atoms with E-state index in [0.717, 1.165) is 17.7 Å². The Bertz CT molecular complexity index is 819. The number of carboxylic acid groups (broad SMARTS) is 1. The molecule has 2 N–H and O–H groups in total. The van der Waals surface area contributed by atoms with E-state index in [1.165, 1.54) is 12.1 Å². The summed E-state index contributed by atoms with van der Waals surface area (Å²) in [4.78, 5) is 22.6. The summed E-state index contributed by atoms with van der Waals surface area (Å²) in [5.74, 6) is -1.19. The van der Waals surface area contributed by atoms with Crippen molar-refractivity contribution in [3.05, 3.63) is 65.2 Å². The minimum absolute atomic E-state index is 0.126. The zero-order chi connectivity index (χ0) is 20.7. The number of ether oxygens (including phenoxy) is 1. The predicted molar refractivity (Wildman–Crippen MR) is 95.9 cm³/mol. The lowest BCUT2D eigenvalue weighted by atomic mass is 9.96. The smallest absolute Gasteiger partial charge is 0.416 e. The Kier molecular flexibility index (Phi) is 7.03. The number of nitrogens with one attached hydrogen (secondary N) is 1. The van der Waals surface area contributed by atoms with Gasteiger partial charge in [-0.3, -0.25) is 4.79 Å². The molecular weight excluding hydrogens is 375 g/mol. The van der Waals surface area contributed by atoms with E-state index in [-0.39, 0.29) is 24.8 Å². The molecule has 0 radical (unpaired) electrons. The average molecular weight is 395 g/mol. The SMILES string of the molecule is CC(CC(=O)NCc1cccc(OCC(=O)O)c1)c1ccc(C(F)(F)F)cc1. The zero-order valence-electron chi connectivity index (χ0n) is 15.1. The maximum Gasteiger partial charge on any atom is 0.416 e. The van der Waals surface area contributed by atoms with Gasteiger partial charge < -0.3 is 15.2 Å². The van der Waals surface area contributed by atoms with Gasteiger partial charge >= 0.3 is 12.1 Å². The molecule has 8 heteroatoms. The highest BCUT2D eigenvalue weighted by molar-refractivity contribution is 5.76. The van der Waals surface area contributed by atoms with E-state index in [4.69, 9.17) is 9.84 Å². The number of carbonyl (C=O) groups is 2. The molecule has 1 atom stereocenters. The number of rotatable bonds is 8. The Labute approximate surface area is 160 Å². The first-order valence-corrected chi connectivity index (χ1v) is 8.52. The molecule has 1 unspecified atom stereocenters. The van der Waals surface area contributed by atoms with E-state index in [0.29, 0.717) is 11.3 Å². The fourth-order valence-electron chi connectivity index (χ4n) is 2.56. The summed E-state index contributed by atoms with van der Waals surface area (Å²) in [6.45, 7) is 1.53. The molecule has 28 heavy (non-hydrogen) atoms. The number of amides is 1. The molecule has 0 aromatic heterocycles. The Hall–Kier alpha value is -3.03. The second-order valence-corrected chi connectivity index (χ2v) is 6.33. The van der Waals surface area contributed by atoms with Crippen LogP contribution in [0.2, 0.25) is 0 Å². The largest absolute Gasteiger partial charge is 0.482 e. The van der Waals surface area contributed by atoms with E-state index in [1.54, 1.807) is 31.2 Å². The third kappa shape index (κ3) is 6.61. The van der Waals surface area contributed by atoms with Crippen LogP contribution in [0, 0.1) is 0 Å². The van der Waals surface area contributed by atoms with Crippen LogP contribution in [0.4, 0.5) is 13.2 Å². The Morgan fingerprint density at radius 1 is 1.14 bits per heavy atom. The van der Waals surface area contributed by atoms with Gasteiger partial charge in [0, 0.05) is 13.0 Å². The van der Waals surface area contributed by atoms with Gasteiger partial charge in [-0.15, -0.1) is 0 Å². The third-order valence-electron chi connectivity index (χ3n) is 4.05. The topological polar surface area (TPSA) is 75.6 Å². The van der Waals surface area contributed by atoms with Gasteiger partial charge in [0.15, 0.2) is 6.61 Å². The molecule has 0 fully saturated rings. The molecule has 0 heterocycles. The maximum absolute atomic E-state index is 12.6. The lowest BCUT2D eigenvalue weighted by Gasteiger charge is -2.14. The van der Waals surface area contributed by atoms with Crippen LogP contribution in [-0.4, -0.2) is 23.6 Å². The molecule has 0 bridgehead atoms. The van der Waals surface area contributed by atoms with Crippen LogP contribution in [0.5, 0.6) is 5.75 Å². The predicted octanol–water partition coefficient (Wildman–Crippen LogP) is 3.98. The van der Waals surface area contributed by atoms with E-state index in [9.17, 15) is 22.8 Å². The Balaban J connectivity index is 1.86. The van der Waals surface area contributed by atoms with Crippen molar-refractivity contribution in [3.63, 3.8) is 0 Å². The van der Waals surface area contributed by atoms with Gasteiger partial charge in [-0.2, -0.15) is 13.2 Å². The molecule has 0 aliphatic rings. The summed E-state index contributed by atoms with van der Waals surface area (Å²) in [5, 5.41) is 11.4. The normalized spacial score (nSPS) is 12.3. The highest BCUT2D eigenvalue weighted by Gasteiger charge is 2.30. The van der Waals surface area contributed by atoms with Gasteiger partial charge in [-0.25, -0.2) is 4.79 Å². The van der Waals surface area contributed by atoms with Crippen LogP contribution in [-0.2, 0) is 22.3 Å².